The molecule has 0 N–H and O–H groups in total. The van der Waals surface area contributed by atoms with Crippen LogP contribution in [0.4, 0.5) is 5.82 Å². The van der Waals surface area contributed by atoms with Gasteiger partial charge < -0.3 is 5.11 Å². The average molecular weight is 252 g/mol. The summed E-state index contributed by atoms with van der Waals surface area (Å²) in [5.41, 5.74) is 1.35. The van der Waals surface area contributed by atoms with Crippen molar-refractivity contribution in [2.75, 3.05) is 0 Å². The Bertz CT molecular complexity index is 793. The SMILES string of the molecule is C[n+]1c([O-])c/c(=N/c2ccccn2)n2ccccc21. The quantitative estimate of drug-likeness (QED) is 0.591. The molecule has 3 aromatic rings. The summed E-state index contributed by atoms with van der Waals surface area (Å²) in [6.45, 7) is 0. The van der Waals surface area contributed by atoms with Gasteiger partial charge in [-0.3, -0.25) is 0 Å². The van der Waals surface area contributed by atoms with Crippen molar-refractivity contribution < 1.29 is 9.67 Å². The molecule has 3 aromatic heterocycles. The van der Waals surface area contributed by atoms with Crippen molar-refractivity contribution in [1.29, 1.82) is 0 Å². The minimum absolute atomic E-state index is 0.0964. The Morgan fingerprint density at radius 1 is 1.21 bits per heavy atom. The van der Waals surface area contributed by atoms with E-state index in [0.717, 1.165) is 5.65 Å². The van der Waals surface area contributed by atoms with Gasteiger partial charge in [0.25, 0.3) is 5.65 Å². The van der Waals surface area contributed by atoms with Gasteiger partial charge in [0, 0.05) is 18.3 Å². The second-order valence-corrected chi connectivity index (χ2v) is 4.13. The van der Waals surface area contributed by atoms with E-state index in [9.17, 15) is 5.11 Å². The van der Waals surface area contributed by atoms with E-state index in [1.807, 2.05) is 40.9 Å². The molecule has 0 aliphatic carbocycles. The summed E-state index contributed by atoms with van der Waals surface area (Å²) >= 11 is 0. The van der Waals surface area contributed by atoms with Crippen molar-refractivity contribution in [2.45, 2.75) is 0 Å². The van der Waals surface area contributed by atoms with E-state index in [-0.39, 0.29) is 5.88 Å². The molecule has 0 saturated heterocycles. The van der Waals surface area contributed by atoms with Gasteiger partial charge >= 0.3 is 0 Å². The molecule has 0 bridgehead atoms. The lowest BCUT2D eigenvalue weighted by atomic mass is 10.4. The van der Waals surface area contributed by atoms with Crippen LogP contribution in [0, 0.1) is 0 Å². The number of hydrogen-bond donors (Lipinski definition) is 0. The Morgan fingerprint density at radius 3 is 2.84 bits per heavy atom. The molecular weight excluding hydrogens is 240 g/mol. The van der Waals surface area contributed by atoms with Crippen molar-refractivity contribution in [1.82, 2.24) is 9.38 Å². The molecule has 0 fully saturated rings. The molecule has 0 aliphatic rings. The highest BCUT2D eigenvalue weighted by atomic mass is 16.3. The van der Waals surface area contributed by atoms with Crippen molar-refractivity contribution >= 4 is 11.5 Å². The summed E-state index contributed by atoms with van der Waals surface area (Å²) in [7, 11) is 1.74. The molecule has 0 aliphatic heterocycles. The molecule has 94 valence electrons. The van der Waals surface area contributed by atoms with Gasteiger partial charge in [-0.2, -0.15) is 9.39 Å². The van der Waals surface area contributed by atoms with Crippen LogP contribution < -0.4 is 15.2 Å². The van der Waals surface area contributed by atoms with E-state index in [4.69, 9.17) is 0 Å². The molecule has 3 rings (SSSR count). The first kappa shape index (κ1) is 11.4. The fourth-order valence-corrected chi connectivity index (χ4v) is 1.91. The molecule has 0 aromatic carbocycles. The zero-order chi connectivity index (χ0) is 13.2. The van der Waals surface area contributed by atoms with Crippen LogP contribution >= 0.6 is 0 Å². The molecule has 0 spiro atoms. The van der Waals surface area contributed by atoms with Gasteiger partial charge in [-0.05, 0) is 18.2 Å². The number of rotatable bonds is 1. The summed E-state index contributed by atoms with van der Waals surface area (Å²) < 4.78 is 3.44. The van der Waals surface area contributed by atoms with Crippen LogP contribution in [-0.4, -0.2) is 9.38 Å². The lowest BCUT2D eigenvalue weighted by Gasteiger charge is -2.08. The topological polar surface area (TPSA) is 56.6 Å². The predicted molar refractivity (Wildman–Crippen MR) is 67.5 cm³/mol. The summed E-state index contributed by atoms with van der Waals surface area (Å²) in [6, 6.07) is 12.6. The highest BCUT2D eigenvalue weighted by molar-refractivity contribution is 5.33. The van der Waals surface area contributed by atoms with E-state index >= 15 is 0 Å². The number of nitrogens with zero attached hydrogens (tertiary/aromatic N) is 4. The summed E-state index contributed by atoms with van der Waals surface area (Å²) in [5, 5.41) is 11.9. The minimum Gasteiger partial charge on any atom is -0.842 e. The Kier molecular flexibility index (Phi) is 2.72. The molecule has 5 nitrogen and oxygen atoms in total. The lowest BCUT2D eigenvalue weighted by molar-refractivity contribution is -0.694. The lowest BCUT2D eigenvalue weighted by Crippen LogP contribution is -2.39. The smallest absolute Gasteiger partial charge is 0.286 e. The highest BCUT2D eigenvalue weighted by Crippen LogP contribution is 2.04. The van der Waals surface area contributed by atoms with Gasteiger partial charge in [-0.15, -0.1) is 0 Å². The second-order valence-electron chi connectivity index (χ2n) is 4.13. The standard InChI is InChI=1S/C14H12N4O/c1-17-13-7-3-5-9-18(13)12(10-14(17)19)16-11-6-2-4-8-15-11/h2-10H,1H3. The van der Waals surface area contributed by atoms with Crippen LogP contribution in [0.3, 0.4) is 0 Å². The maximum atomic E-state index is 11.9. The number of hydrogen-bond acceptors (Lipinski definition) is 3. The number of fused-ring (bicyclic) bond motifs is 1. The van der Waals surface area contributed by atoms with E-state index in [0.29, 0.717) is 11.3 Å². The molecule has 5 heteroatoms. The molecule has 19 heavy (non-hydrogen) atoms. The number of aryl methyl sites for hydroxylation is 1. The third kappa shape index (κ3) is 2.06. The molecule has 0 atom stereocenters. The van der Waals surface area contributed by atoms with Crippen LogP contribution in [0.2, 0.25) is 0 Å². The van der Waals surface area contributed by atoms with Gasteiger partial charge in [0.2, 0.25) is 5.49 Å². The Hall–Kier alpha value is -2.69. The Morgan fingerprint density at radius 2 is 2.05 bits per heavy atom. The van der Waals surface area contributed by atoms with E-state index in [1.165, 1.54) is 6.07 Å². The first-order valence-corrected chi connectivity index (χ1v) is 5.89. The summed E-state index contributed by atoms with van der Waals surface area (Å²) in [6.07, 6.45) is 3.54. The van der Waals surface area contributed by atoms with Crippen LogP contribution in [0.5, 0.6) is 5.88 Å². The average Bonchev–Trinajstić information content (AvgIpc) is 2.46. The first-order valence-electron chi connectivity index (χ1n) is 5.89. The highest BCUT2D eigenvalue weighted by Gasteiger charge is 2.06. The maximum absolute atomic E-state index is 11.9. The van der Waals surface area contributed by atoms with E-state index in [2.05, 4.69) is 9.98 Å². The molecule has 3 heterocycles. The molecule has 0 amide bonds. The third-order valence-corrected chi connectivity index (χ3v) is 2.89. The molecular formula is C14H12N4O. The first-order chi connectivity index (χ1) is 9.25. The molecule has 0 unspecified atom stereocenters. The van der Waals surface area contributed by atoms with E-state index < -0.39 is 0 Å². The number of aromatic nitrogens is 3. The van der Waals surface area contributed by atoms with Gasteiger partial charge in [0.15, 0.2) is 5.82 Å². The van der Waals surface area contributed by atoms with Crippen LogP contribution in [0.15, 0.2) is 59.9 Å². The van der Waals surface area contributed by atoms with Crippen LogP contribution in [-0.2, 0) is 7.05 Å². The van der Waals surface area contributed by atoms with Crippen molar-refractivity contribution in [3.05, 3.63) is 60.3 Å². The molecule has 0 radical (unpaired) electrons. The van der Waals surface area contributed by atoms with Crippen LogP contribution in [0.25, 0.3) is 5.65 Å². The zero-order valence-corrected chi connectivity index (χ0v) is 10.4. The summed E-state index contributed by atoms with van der Waals surface area (Å²) in [4.78, 5) is 8.55. The normalized spacial score (nSPS) is 11.9. The van der Waals surface area contributed by atoms with Crippen molar-refractivity contribution in [3.8, 4) is 5.88 Å². The van der Waals surface area contributed by atoms with E-state index in [1.54, 1.807) is 23.9 Å². The van der Waals surface area contributed by atoms with Crippen molar-refractivity contribution in [2.24, 2.45) is 12.0 Å². The monoisotopic (exact) mass is 252 g/mol. The fraction of sp³-hybridized carbons (Fsp3) is 0.0714. The molecule has 0 saturated carbocycles. The van der Waals surface area contributed by atoms with Gasteiger partial charge in [-0.1, -0.05) is 12.1 Å². The number of pyridine rings is 2. The summed E-state index contributed by atoms with van der Waals surface area (Å²) in [5.74, 6) is 0.481. The third-order valence-electron chi connectivity index (χ3n) is 2.89. The van der Waals surface area contributed by atoms with Gasteiger partial charge in [0.1, 0.15) is 0 Å². The maximum Gasteiger partial charge on any atom is 0.286 e. The minimum atomic E-state index is -0.0964. The van der Waals surface area contributed by atoms with Crippen molar-refractivity contribution in [3.63, 3.8) is 0 Å². The Labute approximate surface area is 109 Å². The largest absolute Gasteiger partial charge is 0.842 e. The predicted octanol–water partition coefficient (Wildman–Crippen LogP) is 0.465. The second kappa shape index (κ2) is 4.53. The van der Waals surface area contributed by atoms with Gasteiger partial charge in [0.05, 0.1) is 19.1 Å². The Balaban J connectivity index is 2.36. The van der Waals surface area contributed by atoms with Crippen LogP contribution in [0.1, 0.15) is 0 Å². The zero-order valence-electron chi connectivity index (χ0n) is 10.4. The fourth-order valence-electron chi connectivity index (χ4n) is 1.91. The van der Waals surface area contributed by atoms with Gasteiger partial charge in [-0.25, -0.2) is 9.55 Å².